The number of benzene rings is 2. The van der Waals surface area contributed by atoms with Gasteiger partial charge < -0.3 is 15.0 Å². The predicted octanol–water partition coefficient (Wildman–Crippen LogP) is 5.11. The van der Waals surface area contributed by atoms with Crippen molar-refractivity contribution in [1.29, 1.82) is 0 Å². The molecule has 4 rings (SSSR count). The third kappa shape index (κ3) is 5.47. The average molecular weight is 522 g/mol. The fraction of sp³-hybridized carbons (Fsp3) is 0.296. The van der Waals surface area contributed by atoms with Crippen LogP contribution in [-0.2, 0) is 6.54 Å². The number of amides is 2. The summed E-state index contributed by atoms with van der Waals surface area (Å²) in [6.45, 7) is 3.57. The summed E-state index contributed by atoms with van der Waals surface area (Å²) < 4.78 is 6.28. The van der Waals surface area contributed by atoms with Crippen LogP contribution in [-0.4, -0.2) is 41.9 Å². The van der Waals surface area contributed by atoms with Gasteiger partial charge in [0.2, 0.25) is 0 Å². The van der Waals surface area contributed by atoms with E-state index in [2.05, 4.69) is 21.2 Å². The first-order valence-corrected chi connectivity index (χ1v) is 12.2. The second-order valence-electron chi connectivity index (χ2n) is 8.46. The van der Waals surface area contributed by atoms with Crippen LogP contribution >= 0.6 is 15.9 Å². The summed E-state index contributed by atoms with van der Waals surface area (Å²) in [7, 11) is 1.62. The Morgan fingerprint density at radius 3 is 2.59 bits per heavy atom. The van der Waals surface area contributed by atoms with Gasteiger partial charge in [-0.25, -0.2) is 0 Å². The Hall–Kier alpha value is -3.19. The number of nitrogens with zero attached hydrogens (tertiary/aromatic N) is 2. The van der Waals surface area contributed by atoms with Gasteiger partial charge in [0.25, 0.3) is 11.8 Å². The minimum Gasteiger partial charge on any atom is -0.496 e. The molecule has 1 aliphatic heterocycles. The van der Waals surface area contributed by atoms with Gasteiger partial charge in [0.15, 0.2) is 0 Å². The first kappa shape index (κ1) is 24.0. The summed E-state index contributed by atoms with van der Waals surface area (Å²) in [5.41, 5.74) is 3.88. The van der Waals surface area contributed by atoms with Crippen molar-refractivity contribution in [1.82, 2.24) is 15.2 Å². The molecule has 1 aliphatic rings. The molecule has 2 aromatic carbocycles. The molecule has 0 aliphatic carbocycles. The summed E-state index contributed by atoms with van der Waals surface area (Å²) >= 11 is 3.43. The van der Waals surface area contributed by atoms with E-state index in [0.29, 0.717) is 30.8 Å². The highest BCUT2D eigenvalue weighted by Crippen LogP contribution is 2.30. The Labute approximate surface area is 208 Å². The van der Waals surface area contributed by atoms with Gasteiger partial charge in [0.05, 0.1) is 18.4 Å². The molecule has 0 saturated carbocycles. The van der Waals surface area contributed by atoms with Crippen LogP contribution in [0.5, 0.6) is 5.75 Å². The van der Waals surface area contributed by atoms with E-state index in [1.807, 2.05) is 72.5 Å². The van der Waals surface area contributed by atoms with E-state index in [1.54, 1.807) is 7.11 Å². The van der Waals surface area contributed by atoms with Crippen molar-refractivity contribution in [3.63, 3.8) is 0 Å². The van der Waals surface area contributed by atoms with Crippen molar-refractivity contribution < 1.29 is 14.3 Å². The number of rotatable bonds is 6. The number of nitrogens with one attached hydrogen (secondary N) is 1. The third-order valence-electron chi connectivity index (χ3n) is 6.18. The van der Waals surface area contributed by atoms with E-state index in [-0.39, 0.29) is 17.7 Å². The largest absolute Gasteiger partial charge is 0.496 e. The summed E-state index contributed by atoms with van der Waals surface area (Å²) in [6.07, 6.45) is 1.53. The van der Waals surface area contributed by atoms with Crippen molar-refractivity contribution in [2.75, 3.05) is 20.2 Å². The maximum Gasteiger partial charge on any atom is 0.253 e. The van der Waals surface area contributed by atoms with Gasteiger partial charge in [0, 0.05) is 46.8 Å². The van der Waals surface area contributed by atoms with Gasteiger partial charge in [-0.3, -0.25) is 14.6 Å². The van der Waals surface area contributed by atoms with Crippen LogP contribution in [0.15, 0.2) is 65.1 Å². The normalized spacial score (nSPS) is 14.0. The zero-order valence-electron chi connectivity index (χ0n) is 19.4. The molecule has 0 radical (unpaired) electrons. The Balaban J connectivity index is 1.45. The van der Waals surface area contributed by atoms with E-state index < -0.39 is 0 Å². The molecule has 3 aromatic rings. The number of piperidine rings is 1. The molecule has 2 heterocycles. The third-order valence-corrected chi connectivity index (χ3v) is 6.67. The molecule has 0 bridgehead atoms. The van der Waals surface area contributed by atoms with E-state index in [1.165, 1.54) is 0 Å². The molecule has 0 spiro atoms. The minimum atomic E-state index is -0.152. The number of ether oxygens (including phenoxy) is 1. The molecule has 6 nitrogen and oxygen atoms in total. The number of hydrogen-bond donors (Lipinski definition) is 1. The van der Waals surface area contributed by atoms with E-state index in [4.69, 9.17) is 9.72 Å². The second-order valence-corrected chi connectivity index (χ2v) is 9.37. The summed E-state index contributed by atoms with van der Waals surface area (Å²) in [5, 5.41) is 3.01. The summed E-state index contributed by atoms with van der Waals surface area (Å²) in [5.74, 6) is 0.749. The van der Waals surface area contributed by atoms with Gasteiger partial charge in [-0.05, 0) is 56.2 Å². The molecule has 1 saturated heterocycles. The highest BCUT2D eigenvalue weighted by atomic mass is 79.9. The Bertz CT molecular complexity index is 1190. The number of carbonyl (C=O) groups is 2. The van der Waals surface area contributed by atoms with Crippen LogP contribution in [0.25, 0.3) is 0 Å². The number of pyridine rings is 1. The van der Waals surface area contributed by atoms with Crippen molar-refractivity contribution in [2.24, 2.45) is 0 Å². The first-order chi connectivity index (χ1) is 16.5. The molecule has 2 amide bonds. The average Bonchev–Trinajstić information content (AvgIpc) is 2.87. The Morgan fingerprint density at radius 2 is 1.85 bits per heavy atom. The molecule has 1 aromatic heterocycles. The number of likely N-dealkylation sites (tertiary alicyclic amines) is 1. The zero-order chi connectivity index (χ0) is 24.1. The van der Waals surface area contributed by atoms with Crippen molar-refractivity contribution in [2.45, 2.75) is 32.2 Å². The molecule has 0 unspecified atom stereocenters. The molecule has 176 valence electrons. The van der Waals surface area contributed by atoms with E-state index in [9.17, 15) is 9.59 Å². The highest BCUT2D eigenvalue weighted by molar-refractivity contribution is 9.10. The molecule has 1 N–H and O–H groups in total. The number of carbonyl (C=O) groups excluding carboxylic acids is 2. The second kappa shape index (κ2) is 10.8. The maximum absolute atomic E-state index is 13.1. The topological polar surface area (TPSA) is 71.5 Å². The van der Waals surface area contributed by atoms with Crippen LogP contribution in [0, 0.1) is 6.92 Å². The van der Waals surface area contributed by atoms with Crippen LogP contribution in [0.3, 0.4) is 0 Å². The Morgan fingerprint density at radius 1 is 1.09 bits per heavy atom. The lowest BCUT2D eigenvalue weighted by Crippen LogP contribution is -2.38. The molecule has 7 heteroatoms. The Kier molecular flexibility index (Phi) is 7.63. The molecular weight excluding hydrogens is 494 g/mol. The van der Waals surface area contributed by atoms with Crippen LogP contribution < -0.4 is 10.1 Å². The SMILES string of the molecule is COc1ccccc1CNC(=O)c1ccc(C)nc1C1CCN(C(=O)c2cccc(Br)c2)CC1. The molecule has 34 heavy (non-hydrogen) atoms. The molecule has 1 fully saturated rings. The number of halogens is 1. The number of aryl methyl sites for hydroxylation is 1. The minimum absolute atomic E-state index is 0.0340. The highest BCUT2D eigenvalue weighted by Gasteiger charge is 2.28. The van der Waals surface area contributed by atoms with Gasteiger partial charge in [-0.2, -0.15) is 0 Å². The molecular formula is C27H28BrN3O3. The van der Waals surface area contributed by atoms with Gasteiger partial charge in [0.1, 0.15) is 5.75 Å². The zero-order valence-corrected chi connectivity index (χ0v) is 21.0. The fourth-order valence-electron chi connectivity index (χ4n) is 4.36. The quantitative estimate of drug-likeness (QED) is 0.489. The van der Waals surface area contributed by atoms with Crippen LogP contribution in [0.4, 0.5) is 0 Å². The summed E-state index contributed by atoms with van der Waals surface area (Å²) in [6, 6.07) is 18.8. The molecule has 0 atom stereocenters. The fourth-order valence-corrected chi connectivity index (χ4v) is 4.76. The number of aromatic nitrogens is 1. The lowest BCUT2D eigenvalue weighted by Gasteiger charge is -2.32. The number of para-hydroxylation sites is 1. The van der Waals surface area contributed by atoms with Crippen molar-refractivity contribution >= 4 is 27.7 Å². The van der Waals surface area contributed by atoms with Crippen LogP contribution in [0.2, 0.25) is 0 Å². The maximum atomic E-state index is 13.1. The van der Waals surface area contributed by atoms with Gasteiger partial charge >= 0.3 is 0 Å². The smallest absolute Gasteiger partial charge is 0.253 e. The summed E-state index contributed by atoms with van der Waals surface area (Å²) in [4.78, 5) is 32.7. The number of methoxy groups -OCH3 is 1. The monoisotopic (exact) mass is 521 g/mol. The van der Waals surface area contributed by atoms with Gasteiger partial charge in [-0.15, -0.1) is 0 Å². The van der Waals surface area contributed by atoms with E-state index >= 15 is 0 Å². The van der Waals surface area contributed by atoms with E-state index in [0.717, 1.165) is 40.0 Å². The first-order valence-electron chi connectivity index (χ1n) is 11.4. The predicted molar refractivity (Wildman–Crippen MR) is 135 cm³/mol. The van der Waals surface area contributed by atoms with Crippen LogP contribution in [0.1, 0.15) is 56.4 Å². The lowest BCUT2D eigenvalue weighted by molar-refractivity contribution is 0.0710. The standard InChI is InChI=1S/C27H28BrN3O3/c1-18-10-11-23(26(32)29-17-21-6-3-4-9-24(21)34-2)25(30-18)19-12-14-31(15-13-19)27(33)20-7-5-8-22(28)16-20/h3-11,16,19H,12-15,17H2,1-2H3,(H,29,32). The van der Waals surface area contributed by atoms with Crippen molar-refractivity contribution in [3.8, 4) is 5.75 Å². The van der Waals surface area contributed by atoms with Gasteiger partial charge in [-0.1, -0.05) is 40.2 Å². The lowest BCUT2D eigenvalue weighted by atomic mass is 9.89. The number of hydrogen-bond acceptors (Lipinski definition) is 4. The van der Waals surface area contributed by atoms with Crippen molar-refractivity contribution in [3.05, 3.63) is 93.2 Å².